The summed E-state index contributed by atoms with van der Waals surface area (Å²) in [5.74, 6) is 1.67. The van der Waals surface area contributed by atoms with Crippen LogP contribution in [-0.4, -0.2) is 43.3 Å². The normalized spacial score (nSPS) is 19.1. The molecule has 1 N–H and O–H groups in total. The minimum absolute atomic E-state index is 0.128. The topological polar surface area (TPSA) is 70.1 Å². The number of nitrogens with one attached hydrogen (secondary N) is 1. The minimum atomic E-state index is 0.128. The molecule has 1 saturated carbocycles. The standard InChI is InChI=1S/C19H20N6S/c1-12-3-2-4-15-14(12)8-25(7-13-5-6-13)16(24-15)9-26-19-17-18(21-10-20-17)22-11-23-19/h2-4,8,10-11,13,16H,5-7,9H2,1H3,(H,20,21,22,23). The van der Waals surface area contributed by atoms with Crippen LogP contribution < -0.4 is 10.6 Å². The number of fused-ring (bicyclic) bond motifs is 2. The fourth-order valence-corrected chi connectivity index (χ4v) is 4.33. The van der Waals surface area contributed by atoms with Crippen molar-refractivity contribution >= 4 is 29.1 Å². The Labute approximate surface area is 155 Å². The van der Waals surface area contributed by atoms with Gasteiger partial charge in [-0.05, 0) is 37.3 Å². The van der Waals surface area contributed by atoms with Gasteiger partial charge in [-0.25, -0.2) is 15.0 Å². The fraction of sp³-hybridized carbons (Fsp3) is 0.368. The van der Waals surface area contributed by atoms with Crippen LogP contribution in [-0.2, 0) is 0 Å². The largest absolute Gasteiger partial charge is 0.354 e. The van der Waals surface area contributed by atoms with Crippen molar-refractivity contribution in [1.29, 1.82) is 0 Å². The van der Waals surface area contributed by atoms with Crippen LogP contribution in [0.2, 0.25) is 0 Å². The molecule has 0 radical (unpaired) electrons. The molecule has 3 aromatic rings. The molecule has 0 saturated heterocycles. The highest BCUT2D eigenvalue weighted by Gasteiger charge is 2.28. The second-order valence-corrected chi connectivity index (χ2v) is 7.99. The maximum atomic E-state index is 5.06. The van der Waals surface area contributed by atoms with Gasteiger partial charge < -0.3 is 9.88 Å². The number of rotatable bonds is 5. The lowest BCUT2D eigenvalue weighted by molar-refractivity contribution is 0.312. The first kappa shape index (κ1) is 15.8. The van der Waals surface area contributed by atoms with Crippen molar-refractivity contribution in [2.45, 2.75) is 31.0 Å². The third-order valence-corrected chi connectivity index (χ3v) is 6.04. The number of H-pyrrole nitrogens is 1. The average molecular weight is 364 g/mol. The van der Waals surface area contributed by atoms with Crippen molar-refractivity contribution in [2.24, 2.45) is 10.9 Å². The lowest BCUT2D eigenvalue weighted by Gasteiger charge is -2.30. The molecule has 0 spiro atoms. The first-order valence-electron chi connectivity index (χ1n) is 8.96. The van der Waals surface area contributed by atoms with E-state index in [4.69, 9.17) is 4.99 Å². The van der Waals surface area contributed by atoms with Crippen LogP contribution in [0.15, 0.2) is 40.9 Å². The molecule has 2 aliphatic rings. The maximum Gasteiger partial charge on any atom is 0.181 e. The van der Waals surface area contributed by atoms with Gasteiger partial charge in [-0.1, -0.05) is 23.9 Å². The van der Waals surface area contributed by atoms with Gasteiger partial charge in [0.2, 0.25) is 0 Å². The van der Waals surface area contributed by atoms with E-state index in [1.165, 1.54) is 23.6 Å². The van der Waals surface area contributed by atoms with Crippen LogP contribution >= 0.6 is 11.8 Å². The molecule has 26 heavy (non-hydrogen) atoms. The predicted octanol–water partition coefficient (Wildman–Crippen LogP) is 1.86. The number of aryl methyl sites for hydroxylation is 1. The van der Waals surface area contributed by atoms with Gasteiger partial charge in [-0.2, -0.15) is 0 Å². The zero-order chi connectivity index (χ0) is 17.5. The van der Waals surface area contributed by atoms with Crippen LogP contribution in [0.1, 0.15) is 18.4 Å². The second kappa shape index (κ2) is 6.39. The van der Waals surface area contributed by atoms with Gasteiger partial charge >= 0.3 is 0 Å². The Balaban J connectivity index is 1.45. The lowest BCUT2D eigenvalue weighted by Crippen LogP contribution is -2.44. The number of imidazole rings is 1. The molecular formula is C19H20N6S. The molecule has 5 rings (SSSR count). The predicted molar refractivity (Wildman–Crippen MR) is 102 cm³/mol. The molecule has 1 aliphatic carbocycles. The number of hydrogen-bond acceptors (Lipinski definition) is 6. The molecule has 1 aromatic carbocycles. The maximum absolute atomic E-state index is 5.06. The Hall–Kier alpha value is -2.41. The van der Waals surface area contributed by atoms with Gasteiger partial charge in [0.15, 0.2) is 5.65 Å². The van der Waals surface area contributed by atoms with Gasteiger partial charge in [-0.3, -0.25) is 4.99 Å². The summed E-state index contributed by atoms with van der Waals surface area (Å²) in [5.41, 5.74) is 2.90. The summed E-state index contributed by atoms with van der Waals surface area (Å²) in [4.78, 5) is 23.5. The van der Waals surface area contributed by atoms with Gasteiger partial charge in [0, 0.05) is 23.7 Å². The molecule has 1 atom stereocenters. The smallest absolute Gasteiger partial charge is 0.181 e. The van der Waals surface area contributed by atoms with Crippen molar-refractivity contribution in [1.82, 2.24) is 24.8 Å². The SMILES string of the molecule is Cc1cccc2c1=CN(CC1CC1)C(CSc1ncnc3nc[nH]c13)N=2. The summed E-state index contributed by atoms with van der Waals surface area (Å²) in [6.45, 7) is 3.25. The van der Waals surface area contributed by atoms with E-state index in [2.05, 4.69) is 56.2 Å². The van der Waals surface area contributed by atoms with E-state index < -0.39 is 0 Å². The van der Waals surface area contributed by atoms with Crippen LogP contribution in [0.25, 0.3) is 17.4 Å². The number of hydrogen-bond donors (Lipinski definition) is 1. The Kier molecular flexibility index (Phi) is 3.89. The molecule has 1 aliphatic heterocycles. The van der Waals surface area contributed by atoms with E-state index in [0.29, 0.717) is 5.65 Å². The van der Waals surface area contributed by atoms with Crippen LogP contribution in [0.5, 0.6) is 0 Å². The van der Waals surface area contributed by atoms with Crippen molar-refractivity contribution < 1.29 is 0 Å². The number of thioether (sulfide) groups is 1. The molecule has 1 unspecified atom stereocenters. The molecule has 0 amide bonds. The number of benzene rings is 1. The monoisotopic (exact) mass is 364 g/mol. The first-order chi connectivity index (χ1) is 12.8. The number of nitrogens with zero attached hydrogens (tertiary/aromatic N) is 5. The third-order valence-electron chi connectivity index (χ3n) is 4.99. The van der Waals surface area contributed by atoms with Crippen LogP contribution in [0, 0.1) is 12.8 Å². The van der Waals surface area contributed by atoms with E-state index in [9.17, 15) is 0 Å². The molecule has 0 bridgehead atoms. The summed E-state index contributed by atoms with van der Waals surface area (Å²) in [5, 5.41) is 3.29. The van der Waals surface area contributed by atoms with Crippen molar-refractivity contribution in [3.63, 3.8) is 0 Å². The Morgan fingerprint density at radius 3 is 3.04 bits per heavy atom. The van der Waals surface area contributed by atoms with E-state index in [0.717, 1.165) is 34.1 Å². The quantitative estimate of drug-likeness (QED) is 0.553. The van der Waals surface area contributed by atoms with Crippen molar-refractivity contribution in [3.8, 4) is 0 Å². The summed E-state index contributed by atoms with van der Waals surface area (Å²) >= 11 is 1.71. The highest BCUT2D eigenvalue weighted by molar-refractivity contribution is 7.99. The van der Waals surface area contributed by atoms with Crippen molar-refractivity contribution in [3.05, 3.63) is 47.0 Å². The Bertz CT molecular complexity index is 1070. The summed E-state index contributed by atoms with van der Waals surface area (Å²) in [7, 11) is 0. The van der Waals surface area contributed by atoms with E-state index in [1.54, 1.807) is 24.4 Å². The van der Waals surface area contributed by atoms with E-state index in [1.807, 2.05) is 0 Å². The minimum Gasteiger partial charge on any atom is -0.354 e. The van der Waals surface area contributed by atoms with Crippen molar-refractivity contribution in [2.75, 3.05) is 12.3 Å². The molecule has 7 heteroatoms. The van der Waals surface area contributed by atoms with E-state index >= 15 is 0 Å². The summed E-state index contributed by atoms with van der Waals surface area (Å²) < 4.78 is 0. The first-order valence-corrected chi connectivity index (χ1v) is 9.94. The van der Waals surface area contributed by atoms with Gasteiger partial charge in [-0.15, -0.1) is 0 Å². The third kappa shape index (κ3) is 2.96. The molecule has 3 heterocycles. The molecule has 1 fully saturated rings. The zero-order valence-electron chi connectivity index (χ0n) is 14.6. The summed E-state index contributed by atoms with van der Waals surface area (Å²) in [6.07, 6.45) is 8.36. The van der Waals surface area contributed by atoms with Gasteiger partial charge in [0.25, 0.3) is 0 Å². The van der Waals surface area contributed by atoms with Crippen LogP contribution in [0.3, 0.4) is 0 Å². The number of aromatic amines is 1. The second-order valence-electron chi connectivity index (χ2n) is 6.98. The molecule has 6 nitrogen and oxygen atoms in total. The number of aromatic nitrogens is 4. The summed E-state index contributed by atoms with van der Waals surface area (Å²) in [6, 6.07) is 6.36. The Morgan fingerprint density at radius 1 is 1.23 bits per heavy atom. The zero-order valence-corrected chi connectivity index (χ0v) is 15.4. The highest BCUT2D eigenvalue weighted by atomic mass is 32.2. The lowest BCUT2D eigenvalue weighted by atomic mass is 10.1. The van der Waals surface area contributed by atoms with Gasteiger partial charge in [0.05, 0.1) is 11.7 Å². The Morgan fingerprint density at radius 2 is 2.15 bits per heavy atom. The highest BCUT2D eigenvalue weighted by Crippen LogP contribution is 2.32. The van der Waals surface area contributed by atoms with Crippen LogP contribution in [0.4, 0.5) is 0 Å². The fourth-order valence-electron chi connectivity index (χ4n) is 3.34. The molecule has 2 aromatic heterocycles. The van der Waals surface area contributed by atoms with Gasteiger partial charge in [0.1, 0.15) is 23.0 Å². The average Bonchev–Trinajstić information content (AvgIpc) is 3.33. The molecule has 132 valence electrons. The van der Waals surface area contributed by atoms with E-state index in [-0.39, 0.29) is 6.17 Å². The molecular weight excluding hydrogens is 344 g/mol.